The zero-order chi connectivity index (χ0) is 14.3. The van der Waals surface area contributed by atoms with Gasteiger partial charge in [0, 0.05) is 23.2 Å². The quantitative estimate of drug-likeness (QED) is 0.759. The van der Waals surface area contributed by atoms with Crippen LogP contribution in [0.2, 0.25) is 0 Å². The number of nitrogens with one attached hydrogen (secondary N) is 1. The van der Waals surface area contributed by atoms with Crippen molar-refractivity contribution in [1.29, 1.82) is 0 Å². The number of hydrogen-bond acceptors (Lipinski definition) is 2. The van der Waals surface area contributed by atoms with E-state index in [0.29, 0.717) is 0 Å². The Hall–Kier alpha value is -1.64. The van der Waals surface area contributed by atoms with Crippen LogP contribution in [0.1, 0.15) is 16.7 Å². The molecule has 0 atom stereocenters. The molecule has 4 rings (SSSR count). The second kappa shape index (κ2) is 4.97. The third kappa shape index (κ3) is 2.10. The molecule has 1 aliphatic rings. The lowest BCUT2D eigenvalue weighted by atomic mass is 9.69. The van der Waals surface area contributed by atoms with Crippen molar-refractivity contribution in [2.24, 2.45) is 0 Å². The van der Waals surface area contributed by atoms with Crippen molar-refractivity contribution in [1.82, 2.24) is 5.32 Å². The van der Waals surface area contributed by atoms with Crippen LogP contribution in [0.5, 0.6) is 0 Å². The highest BCUT2D eigenvalue weighted by Gasteiger charge is 2.39. The van der Waals surface area contributed by atoms with Gasteiger partial charge in [0.1, 0.15) is 0 Å². The van der Waals surface area contributed by atoms with Crippen molar-refractivity contribution < 1.29 is 0 Å². The molecule has 1 N–H and O–H groups in total. The molecule has 0 spiro atoms. The predicted octanol–water partition coefficient (Wildman–Crippen LogP) is 4.29. The van der Waals surface area contributed by atoms with Crippen molar-refractivity contribution in [3.8, 4) is 0 Å². The van der Waals surface area contributed by atoms with Crippen LogP contribution < -0.4 is 5.32 Å². The topological polar surface area (TPSA) is 12.0 Å². The molecular formula is C19H19NS. The molecule has 2 heterocycles. The number of aryl methyl sites for hydroxylation is 1. The summed E-state index contributed by atoms with van der Waals surface area (Å²) in [5, 5.41) is 7.27. The van der Waals surface area contributed by atoms with Crippen molar-refractivity contribution in [2.75, 3.05) is 13.1 Å². The van der Waals surface area contributed by atoms with Crippen molar-refractivity contribution in [2.45, 2.75) is 18.8 Å². The van der Waals surface area contributed by atoms with Crippen molar-refractivity contribution in [3.63, 3.8) is 0 Å². The summed E-state index contributed by atoms with van der Waals surface area (Å²) in [5.74, 6) is 0. The first-order chi connectivity index (χ1) is 10.3. The molecule has 1 nitrogen and oxygen atoms in total. The number of hydrogen-bond donors (Lipinski definition) is 1. The molecule has 0 aliphatic carbocycles. The zero-order valence-electron chi connectivity index (χ0n) is 12.2. The normalized spacial score (nSPS) is 16.8. The number of thiophene rings is 1. The molecular weight excluding hydrogens is 274 g/mol. The van der Waals surface area contributed by atoms with Gasteiger partial charge in [-0.2, -0.15) is 0 Å². The Kier molecular flexibility index (Phi) is 3.09. The highest BCUT2D eigenvalue weighted by atomic mass is 32.1. The molecule has 0 bridgehead atoms. The number of rotatable bonds is 3. The third-order valence-corrected chi connectivity index (χ3v) is 5.75. The summed E-state index contributed by atoms with van der Waals surface area (Å²) in [6.45, 7) is 4.41. The Balaban J connectivity index is 1.76. The predicted molar refractivity (Wildman–Crippen MR) is 91.3 cm³/mol. The van der Waals surface area contributed by atoms with Gasteiger partial charge in [0.2, 0.25) is 0 Å². The maximum absolute atomic E-state index is 3.49. The van der Waals surface area contributed by atoms with Gasteiger partial charge >= 0.3 is 0 Å². The largest absolute Gasteiger partial charge is 0.315 e. The number of benzene rings is 2. The van der Waals surface area contributed by atoms with E-state index in [-0.39, 0.29) is 5.41 Å². The Morgan fingerprint density at radius 2 is 1.81 bits per heavy atom. The minimum absolute atomic E-state index is 0.273. The van der Waals surface area contributed by atoms with E-state index in [1.807, 2.05) is 11.3 Å². The Morgan fingerprint density at radius 3 is 2.57 bits per heavy atom. The minimum Gasteiger partial charge on any atom is -0.315 e. The lowest BCUT2D eigenvalue weighted by Crippen LogP contribution is -2.58. The fourth-order valence-corrected chi connectivity index (χ4v) is 4.50. The molecule has 0 radical (unpaired) electrons. The van der Waals surface area contributed by atoms with Crippen LogP contribution in [0, 0.1) is 6.92 Å². The molecule has 106 valence electrons. The second-order valence-corrected chi connectivity index (χ2v) is 7.04. The van der Waals surface area contributed by atoms with Crippen LogP contribution in [0.15, 0.2) is 53.9 Å². The summed E-state index contributed by atoms with van der Waals surface area (Å²) < 4.78 is 1.40. The zero-order valence-corrected chi connectivity index (χ0v) is 13.0. The summed E-state index contributed by atoms with van der Waals surface area (Å²) in [6, 6.07) is 17.6. The highest BCUT2D eigenvalue weighted by Crippen LogP contribution is 2.37. The van der Waals surface area contributed by atoms with E-state index in [1.54, 1.807) is 0 Å². The molecule has 1 aromatic heterocycles. The summed E-state index contributed by atoms with van der Waals surface area (Å²) in [7, 11) is 0. The van der Waals surface area contributed by atoms with Gasteiger partial charge in [-0.1, -0.05) is 42.5 Å². The molecule has 3 aromatic rings. The van der Waals surface area contributed by atoms with E-state index >= 15 is 0 Å². The van der Waals surface area contributed by atoms with Gasteiger partial charge in [-0.05, 0) is 46.9 Å². The van der Waals surface area contributed by atoms with E-state index in [9.17, 15) is 0 Å². The van der Waals surface area contributed by atoms with Crippen molar-refractivity contribution >= 4 is 21.4 Å². The minimum atomic E-state index is 0.273. The van der Waals surface area contributed by atoms with E-state index < -0.39 is 0 Å². The van der Waals surface area contributed by atoms with Gasteiger partial charge in [-0.15, -0.1) is 11.3 Å². The highest BCUT2D eigenvalue weighted by molar-refractivity contribution is 7.17. The lowest BCUT2D eigenvalue weighted by Gasteiger charge is -2.44. The van der Waals surface area contributed by atoms with Gasteiger partial charge in [-0.25, -0.2) is 0 Å². The fourth-order valence-electron chi connectivity index (χ4n) is 3.54. The summed E-state index contributed by atoms with van der Waals surface area (Å²) in [6.07, 6.45) is 1.13. The Labute approximate surface area is 129 Å². The van der Waals surface area contributed by atoms with Crippen molar-refractivity contribution in [3.05, 3.63) is 70.6 Å². The van der Waals surface area contributed by atoms with E-state index in [4.69, 9.17) is 0 Å². The van der Waals surface area contributed by atoms with Crippen LogP contribution in [-0.4, -0.2) is 13.1 Å². The van der Waals surface area contributed by atoms with E-state index in [0.717, 1.165) is 19.5 Å². The molecule has 21 heavy (non-hydrogen) atoms. The van der Waals surface area contributed by atoms with E-state index in [2.05, 4.69) is 66.2 Å². The van der Waals surface area contributed by atoms with Crippen LogP contribution in [0.3, 0.4) is 0 Å². The van der Waals surface area contributed by atoms with Gasteiger partial charge < -0.3 is 5.32 Å². The van der Waals surface area contributed by atoms with Crippen LogP contribution in [0.25, 0.3) is 10.1 Å². The van der Waals surface area contributed by atoms with Gasteiger partial charge in [-0.3, -0.25) is 0 Å². The monoisotopic (exact) mass is 293 g/mol. The Morgan fingerprint density at radius 1 is 1.05 bits per heavy atom. The van der Waals surface area contributed by atoms with Crippen LogP contribution in [0.4, 0.5) is 0 Å². The van der Waals surface area contributed by atoms with E-state index in [1.165, 1.54) is 26.8 Å². The third-order valence-electron chi connectivity index (χ3n) is 4.73. The standard InChI is InChI=1S/C19H19NS/c1-14-6-2-4-8-17(14)19(12-20-13-19)10-15-11-21-18-9-5-3-7-16(15)18/h2-9,11,20H,10,12-13H2,1H3. The maximum atomic E-state index is 3.49. The summed E-state index contributed by atoms with van der Waals surface area (Å²) in [5.41, 5.74) is 4.70. The average molecular weight is 293 g/mol. The first-order valence-electron chi connectivity index (χ1n) is 7.50. The molecule has 1 fully saturated rings. The molecule has 1 aliphatic heterocycles. The first kappa shape index (κ1) is 13.1. The summed E-state index contributed by atoms with van der Waals surface area (Å²) >= 11 is 1.87. The molecule has 1 saturated heterocycles. The van der Waals surface area contributed by atoms with Gasteiger partial charge in [0.15, 0.2) is 0 Å². The lowest BCUT2D eigenvalue weighted by molar-refractivity contribution is 0.274. The fraction of sp³-hybridized carbons (Fsp3) is 0.263. The van der Waals surface area contributed by atoms with Gasteiger partial charge in [0.05, 0.1) is 0 Å². The Bertz CT molecular complexity index is 783. The van der Waals surface area contributed by atoms with Gasteiger partial charge in [0.25, 0.3) is 0 Å². The van der Waals surface area contributed by atoms with Crippen LogP contribution in [-0.2, 0) is 11.8 Å². The average Bonchev–Trinajstić information content (AvgIpc) is 2.87. The second-order valence-electron chi connectivity index (χ2n) is 6.13. The smallest absolute Gasteiger partial charge is 0.0345 e. The molecule has 2 heteroatoms. The van der Waals surface area contributed by atoms with Crippen LogP contribution >= 0.6 is 11.3 Å². The molecule has 0 saturated carbocycles. The molecule has 2 aromatic carbocycles. The molecule has 0 unspecified atom stereocenters. The number of fused-ring (bicyclic) bond motifs is 1. The first-order valence-corrected chi connectivity index (χ1v) is 8.38. The SMILES string of the molecule is Cc1ccccc1C1(Cc2csc3ccccc23)CNC1. The molecule has 0 amide bonds. The summed E-state index contributed by atoms with van der Waals surface area (Å²) in [4.78, 5) is 0. The maximum Gasteiger partial charge on any atom is 0.0345 e.